The third kappa shape index (κ3) is 3.95. The molecule has 0 saturated carbocycles. The normalized spacial score (nSPS) is 10.4. The van der Waals surface area contributed by atoms with E-state index in [0.717, 1.165) is 18.7 Å². The molecule has 0 aliphatic heterocycles. The first kappa shape index (κ1) is 15.3. The van der Waals surface area contributed by atoms with E-state index in [-0.39, 0.29) is 11.6 Å². The van der Waals surface area contributed by atoms with Gasteiger partial charge in [-0.25, -0.2) is 0 Å². The molecule has 0 aliphatic carbocycles. The molecule has 21 heavy (non-hydrogen) atoms. The van der Waals surface area contributed by atoms with Gasteiger partial charge in [0.2, 0.25) is 0 Å². The quantitative estimate of drug-likeness (QED) is 0.460. The van der Waals surface area contributed by atoms with Crippen LogP contribution in [-0.2, 0) is 12.3 Å². The lowest BCUT2D eigenvalue weighted by Gasteiger charge is -2.20. The minimum atomic E-state index is -0.397. The van der Waals surface area contributed by atoms with E-state index >= 15 is 0 Å². The summed E-state index contributed by atoms with van der Waals surface area (Å²) in [4.78, 5) is 12.6. The van der Waals surface area contributed by atoms with Crippen molar-refractivity contribution in [3.8, 4) is 0 Å². The molecular formula is C16H17ClN2O2. The molecule has 2 rings (SSSR count). The van der Waals surface area contributed by atoms with Crippen molar-refractivity contribution in [2.45, 2.75) is 12.3 Å². The predicted octanol–water partition coefficient (Wildman–Crippen LogP) is 4.01. The largest absolute Gasteiger partial charge is 0.374 e. The van der Waals surface area contributed by atoms with Crippen LogP contribution in [0.5, 0.6) is 0 Å². The van der Waals surface area contributed by atoms with Gasteiger partial charge in [-0.3, -0.25) is 10.1 Å². The van der Waals surface area contributed by atoms with Gasteiger partial charge in [0.25, 0.3) is 5.69 Å². The summed E-state index contributed by atoms with van der Waals surface area (Å²) in [5.41, 5.74) is 2.83. The summed E-state index contributed by atoms with van der Waals surface area (Å²) in [6.45, 7) is 0.837. The molecule has 5 heteroatoms. The van der Waals surface area contributed by atoms with Crippen molar-refractivity contribution < 1.29 is 4.92 Å². The van der Waals surface area contributed by atoms with Crippen LogP contribution in [0.25, 0.3) is 0 Å². The SMILES string of the molecule is CN(CCc1ccccc1)c1ccc([N+](=O)[O-])c(CCl)c1. The summed E-state index contributed by atoms with van der Waals surface area (Å²) >= 11 is 5.80. The lowest BCUT2D eigenvalue weighted by atomic mass is 10.1. The van der Waals surface area contributed by atoms with Crippen LogP contribution in [-0.4, -0.2) is 18.5 Å². The van der Waals surface area contributed by atoms with E-state index in [0.29, 0.717) is 5.56 Å². The van der Waals surface area contributed by atoms with Gasteiger partial charge >= 0.3 is 0 Å². The van der Waals surface area contributed by atoms with E-state index in [1.165, 1.54) is 11.6 Å². The second-order valence-corrected chi connectivity index (χ2v) is 5.13. The van der Waals surface area contributed by atoms with Crippen molar-refractivity contribution in [1.29, 1.82) is 0 Å². The molecule has 0 aromatic heterocycles. The zero-order valence-corrected chi connectivity index (χ0v) is 12.6. The first-order valence-electron chi connectivity index (χ1n) is 6.70. The Hall–Kier alpha value is -2.07. The Labute approximate surface area is 129 Å². The van der Waals surface area contributed by atoms with Gasteiger partial charge in [0.1, 0.15) is 0 Å². The summed E-state index contributed by atoms with van der Waals surface area (Å²) in [6.07, 6.45) is 0.921. The highest BCUT2D eigenvalue weighted by atomic mass is 35.5. The average molecular weight is 305 g/mol. The average Bonchev–Trinajstić information content (AvgIpc) is 2.52. The van der Waals surface area contributed by atoms with Gasteiger partial charge in [0, 0.05) is 30.9 Å². The van der Waals surface area contributed by atoms with Gasteiger partial charge in [-0.2, -0.15) is 0 Å². The lowest BCUT2D eigenvalue weighted by molar-refractivity contribution is -0.385. The number of hydrogen-bond acceptors (Lipinski definition) is 3. The minimum Gasteiger partial charge on any atom is -0.374 e. The lowest BCUT2D eigenvalue weighted by Crippen LogP contribution is -2.20. The van der Waals surface area contributed by atoms with Crippen molar-refractivity contribution in [1.82, 2.24) is 0 Å². The molecule has 0 saturated heterocycles. The van der Waals surface area contributed by atoms with Crippen molar-refractivity contribution in [3.63, 3.8) is 0 Å². The van der Waals surface area contributed by atoms with Crippen molar-refractivity contribution in [2.24, 2.45) is 0 Å². The zero-order valence-electron chi connectivity index (χ0n) is 11.8. The second-order valence-electron chi connectivity index (χ2n) is 4.86. The van der Waals surface area contributed by atoms with Gasteiger partial charge < -0.3 is 4.90 Å². The molecule has 0 unspecified atom stereocenters. The molecule has 110 valence electrons. The van der Waals surface area contributed by atoms with Crippen LogP contribution in [0, 0.1) is 10.1 Å². The van der Waals surface area contributed by atoms with E-state index < -0.39 is 4.92 Å². The van der Waals surface area contributed by atoms with E-state index in [2.05, 4.69) is 17.0 Å². The fourth-order valence-electron chi connectivity index (χ4n) is 2.17. The zero-order chi connectivity index (χ0) is 15.2. The van der Waals surface area contributed by atoms with E-state index in [9.17, 15) is 10.1 Å². The Morgan fingerprint density at radius 3 is 2.52 bits per heavy atom. The van der Waals surface area contributed by atoms with E-state index in [1.807, 2.05) is 25.2 Å². The van der Waals surface area contributed by atoms with Crippen molar-refractivity contribution in [2.75, 3.05) is 18.5 Å². The first-order valence-corrected chi connectivity index (χ1v) is 7.23. The molecule has 0 aliphatic rings. The maximum atomic E-state index is 10.9. The molecule has 0 N–H and O–H groups in total. The number of nitro groups is 1. The Bertz CT molecular complexity index is 617. The Kier molecular flexibility index (Phi) is 5.17. The second kappa shape index (κ2) is 7.09. The maximum Gasteiger partial charge on any atom is 0.273 e. The summed E-state index contributed by atoms with van der Waals surface area (Å²) in [7, 11) is 1.97. The Morgan fingerprint density at radius 1 is 1.19 bits per heavy atom. The van der Waals surface area contributed by atoms with Crippen LogP contribution in [0.15, 0.2) is 48.5 Å². The molecule has 2 aromatic carbocycles. The summed E-state index contributed by atoms with van der Waals surface area (Å²) < 4.78 is 0. The maximum absolute atomic E-state index is 10.9. The van der Waals surface area contributed by atoms with Gasteiger partial charge in [-0.1, -0.05) is 30.3 Å². The molecule has 0 bridgehead atoms. The molecule has 2 aromatic rings. The topological polar surface area (TPSA) is 46.4 Å². The van der Waals surface area contributed by atoms with Gasteiger partial charge in [0.05, 0.1) is 10.8 Å². The number of rotatable bonds is 6. The van der Waals surface area contributed by atoms with Crippen LogP contribution >= 0.6 is 11.6 Å². The molecule has 0 spiro atoms. The monoisotopic (exact) mass is 304 g/mol. The first-order chi connectivity index (χ1) is 10.1. The summed E-state index contributed by atoms with van der Waals surface area (Å²) in [5.74, 6) is 0.136. The summed E-state index contributed by atoms with van der Waals surface area (Å²) in [6, 6.07) is 15.3. The van der Waals surface area contributed by atoms with Gasteiger partial charge in [-0.15, -0.1) is 11.6 Å². The number of nitro benzene ring substituents is 1. The molecule has 0 amide bonds. The third-order valence-electron chi connectivity index (χ3n) is 3.42. The van der Waals surface area contributed by atoms with Gasteiger partial charge in [-0.05, 0) is 24.1 Å². The summed E-state index contributed by atoms with van der Waals surface area (Å²) in [5, 5.41) is 10.9. The highest BCUT2D eigenvalue weighted by Gasteiger charge is 2.14. The fourth-order valence-corrected chi connectivity index (χ4v) is 2.38. The van der Waals surface area contributed by atoms with Crippen molar-refractivity contribution in [3.05, 3.63) is 69.8 Å². The molecular weight excluding hydrogens is 288 g/mol. The van der Waals surface area contributed by atoms with Crippen LogP contribution in [0.2, 0.25) is 0 Å². The smallest absolute Gasteiger partial charge is 0.273 e. The molecule has 0 atom stereocenters. The number of hydrogen-bond donors (Lipinski definition) is 0. The van der Waals surface area contributed by atoms with Gasteiger partial charge in [0.15, 0.2) is 0 Å². The highest BCUT2D eigenvalue weighted by Crippen LogP contribution is 2.26. The molecule has 0 radical (unpaired) electrons. The number of halogens is 1. The van der Waals surface area contributed by atoms with Crippen LogP contribution in [0.4, 0.5) is 11.4 Å². The van der Waals surface area contributed by atoms with Crippen LogP contribution in [0.1, 0.15) is 11.1 Å². The number of anilines is 1. The predicted molar refractivity (Wildman–Crippen MR) is 86.1 cm³/mol. The number of benzene rings is 2. The molecule has 0 heterocycles. The standard InChI is InChI=1S/C16H17ClN2O2/c1-18(10-9-13-5-3-2-4-6-13)15-7-8-16(19(20)21)14(11-15)12-17/h2-8,11H,9-10,12H2,1H3. The highest BCUT2D eigenvalue weighted by molar-refractivity contribution is 6.17. The number of likely N-dealkylation sites (N-methyl/N-ethyl adjacent to an activating group) is 1. The number of alkyl halides is 1. The number of nitrogens with zero attached hydrogens (tertiary/aromatic N) is 2. The van der Waals surface area contributed by atoms with Crippen LogP contribution in [0.3, 0.4) is 0 Å². The van der Waals surface area contributed by atoms with Crippen LogP contribution < -0.4 is 4.90 Å². The third-order valence-corrected chi connectivity index (χ3v) is 3.71. The molecule has 4 nitrogen and oxygen atoms in total. The fraction of sp³-hybridized carbons (Fsp3) is 0.250. The van der Waals surface area contributed by atoms with Crippen molar-refractivity contribution >= 4 is 23.0 Å². The molecule has 0 fully saturated rings. The Morgan fingerprint density at radius 2 is 1.90 bits per heavy atom. The van der Waals surface area contributed by atoms with E-state index in [1.54, 1.807) is 12.1 Å². The van der Waals surface area contributed by atoms with E-state index in [4.69, 9.17) is 11.6 Å². The minimum absolute atomic E-state index is 0.0743. The Balaban J connectivity index is 2.08.